The molecule has 4 rings (SSSR count). The number of anilines is 1. The van der Waals surface area contributed by atoms with Gasteiger partial charge in [0.2, 0.25) is 0 Å². The number of nitrogens with zero attached hydrogens (tertiary/aromatic N) is 5. The average molecular weight is 383 g/mol. The fraction of sp³-hybridized carbons (Fsp3) is 0. The van der Waals surface area contributed by atoms with Gasteiger partial charge in [-0.2, -0.15) is 0 Å². The second-order valence-electron chi connectivity index (χ2n) is 5.25. The van der Waals surface area contributed by atoms with Gasteiger partial charge in [-0.1, -0.05) is 29.8 Å². The maximum atomic E-state index is 12.5. The molecule has 0 aliphatic heterocycles. The summed E-state index contributed by atoms with van der Waals surface area (Å²) in [5, 5.41) is 13.3. The van der Waals surface area contributed by atoms with Gasteiger partial charge in [-0.15, -0.1) is 21.5 Å². The van der Waals surface area contributed by atoms with Gasteiger partial charge in [0.25, 0.3) is 5.91 Å². The summed E-state index contributed by atoms with van der Waals surface area (Å²) in [6.45, 7) is 0. The predicted molar refractivity (Wildman–Crippen MR) is 99.7 cm³/mol. The van der Waals surface area contributed by atoms with Gasteiger partial charge in [-0.05, 0) is 24.3 Å². The molecule has 1 aromatic carbocycles. The Balaban J connectivity index is 1.52. The topological polar surface area (TPSA) is 85.6 Å². The van der Waals surface area contributed by atoms with E-state index in [1.165, 1.54) is 24.0 Å². The molecule has 4 aromatic rings. The molecule has 1 amide bonds. The number of hydrogen-bond acceptors (Lipinski definition) is 6. The van der Waals surface area contributed by atoms with Gasteiger partial charge in [-0.25, -0.2) is 9.97 Å². The molecule has 0 radical (unpaired) electrons. The highest BCUT2D eigenvalue weighted by atomic mass is 35.5. The zero-order chi connectivity index (χ0) is 17.9. The zero-order valence-electron chi connectivity index (χ0n) is 13.2. The molecule has 0 atom stereocenters. The number of carbonyl (C=O) groups excluding carboxylic acids is 1. The van der Waals surface area contributed by atoms with Crippen LogP contribution in [-0.2, 0) is 0 Å². The van der Waals surface area contributed by atoms with E-state index in [1.54, 1.807) is 34.9 Å². The number of rotatable bonds is 4. The number of carbonyl (C=O) groups is 1. The Bertz CT molecular complexity index is 1050. The molecule has 0 spiro atoms. The van der Waals surface area contributed by atoms with Gasteiger partial charge in [0.05, 0.1) is 5.69 Å². The third kappa shape index (κ3) is 3.46. The van der Waals surface area contributed by atoms with Crippen LogP contribution in [0.4, 0.5) is 5.13 Å². The lowest BCUT2D eigenvalue weighted by Gasteiger charge is -2.04. The Morgan fingerprint density at radius 3 is 2.58 bits per heavy atom. The lowest BCUT2D eigenvalue weighted by Crippen LogP contribution is -2.14. The number of thiazole rings is 1. The molecule has 0 fully saturated rings. The van der Waals surface area contributed by atoms with E-state index in [4.69, 9.17) is 11.6 Å². The third-order valence-corrected chi connectivity index (χ3v) is 4.52. The molecule has 26 heavy (non-hydrogen) atoms. The normalized spacial score (nSPS) is 10.7. The van der Waals surface area contributed by atoms with Crippen molar-refractivity contribution in [2.75, 3.05) is 5.32 Å². The molecular formula is C17H11ClN6OS. The first-order chi connectivity index (χ1) is 12.7. The molecule has 9 heteroatoms. The van der Waals surface area contributed by atoms with Crippen molar-refractivity contribution in [3.05, 3.63) is 71.2 Å². The van der Waals surface area contributed by atoms with Crippen LogP contribution in [0.15, 0.2) is 60.5 Å². The van der Waals surface area contributed by atoms with Crippen LogP contribution in [0.1, 0.15) is 10.5 Å². The minimum atomic E-state index is -0.336. The second-order valence-corrected chi connectivity index (χ2v) is 6.54. The quantitative estimate of drug-likeness (QED) is 0.581. The third-order valence-electron chi connectivity index (χ3n) is 3.51. The minimum Gasteiger partial charge on any atom is -0.296 e. The first kappa shape index (κ1) is 16.4. The van der Waals surface area contributed by atoms with Crippen LogP contribution in [0, 0.1) is 0 Å². The highest BCUT2D eigenvalue weighted by molar-refractivity contribution is 7.14. The van der Waals surface area contributed by atoms with E-state index >= 15 is 0 Å². The number of pyridine rings is 1. The van der Waals surface area contributed by atoms with E-state index in [0.29, 0.717) is 16.0 Å². The van der Waals surface area contributed by atoms with Crippen LogP contribution in [0.25, 0.3) is 17.1 Å². The molecule has 3 heterocycles. The summed E-state index contributed by atoms with van der Waals surface area (Å²) in [5.74, 6) is 0.223. The fourth-order valence-electron chi connectivity index (χ4n) is 2.26. The highest BCUT2D eigenvalue weighted by Gasteiger charge is 2.12. The molecule has 0 bridgehead atoms. The molecule has 3 aromatic heterocycles. The Labute approximate surface area is 157 Å². The standard InChI is InChI=1S/C17H11ClN6OS/c18-12-6-4-11(5-7-12)14-8-26-17(22-14)23-16(25)13-2-1-3-15(21-13)24-9-19-20-10-24/h1-10H,(H,22,23,25). The Morgan fingerprint density at radius 2 is 1.81 bits per heavy atom. The van der Waals surface area contributed by atoms with Gasteiger partial charge < -0.3 is 0 Å². The maximum absolute atomic E-state index is 12.5. The van der Waals surface area contributed by atoms with Crippen LogP contribution in [-0.4, -0.2) is 30.6 Å². The van der Waals surface area contributed by atoms with Gasteiger partial charge in [-0.3, -0.25) is 14.7 Å². The Kier molecular flexibility index (Phi) is 4.42. The second kappa shape index (κ2) is 7.03. The molecule has 0 unspecified atom stereocenters. The average Bonchev–Trinajstić information content (AvgIpc) is 3.34. The molecule has 0 saturated heterocycles. The van der Waals surface area contributed by atoms with Gasteiger partial charge >= 0.3 is 0 Å². The fourth-order valence-corrected chi connectivity index (χ4v) is 3.10. The first-order valence-corrected chi connectivity index (χ1v) is 8.80. The minimum absolute atomic E-state index is 0.277. The van der Waals surface area contributed by atoms with Crippen molar-refractivity contribution < 1.29 is 4.79 Å². The van der Waals surface area contributed by atoms with Crippen LogP contribution >= 0.6 is 22.9 Å². The number of amides is 1. The molecule has 7 nitrogen and oxygen atoms in total. The number of hydrogen-bond donors (Lipinski definition) is 1. The van der Waals surface area contributed by atoms with Crippen molar-refractivity contribution in [1.82, 2.24) is 24.7 Å². The van der Waals surface area contributed by atoms with E-state index in [-0.39, 0.29) is 11.6 Å². The van der Waals surface area contributed by atoms with Crippen molar-refractivity contribution in [2.24, 2.45) is 0 Å². The highest BCUT2D eigenvalue weighted by Crippen LogP contribution is 2.26. The monoisotopic (exact) mass is 382 g/mol. The maximum Gasteiger partial charge on any atom is 0.276 e. The molecule has 0 aliphatic carbocycles. The van der Waals surface area contributed by atoms with Crippen LogP contribution in [0.2, 0.25) is 5.02 Å². The van der Waals surface area contributed by atoms with E-state index in [2.05, 4.69) is 25.5 Å². The number of aromatic nitrogens is 5. The molecule has 128 valence electrons. The smallest absolute Gasteiger partial charge is 0.276 e. The van der Waals surface area contributed by atoms with E-state index in [0.717, 1.165) is 11.3 Å². The molecule has 0 saturated carbocycles. The van der Waals surface area contributed by atoms with Crippen molar-refractivity contribution in [3.8, 4) is 17.1 Å². The van der Waals surface area contributed by atoms with Crippen molar-refractivity contribution in [1.29, 1.82) is 0 Å². The Hall–Kier alpha value is -3.10. The summed E-state index contributed by atoms with van der Waals surface area (Å²) in [6, 6.07) is 12.5. The van der Waals surface area contributed by atoms with Gasteiger partial charge in [0.1, 0.15) is 24.2 Å². The summed E-state index contributed by atoms with van der Waals surface area (Å²) < 4.78 is 1.62. The molecular weight excluding hydrogens is 372 g/mol. The summed E-state index contributed by atoms with van der Waals surface area (Å²) >= 11 is 7.24. The van der Waals surface area contributed by atoms with E-state index in [9.17, 15) is 4.79 Å². The lowest BCUT2D eigenvalue weighted by molar-refractivity contribution is 0.102. The van der Waals surface area contributed by atoms with Crippen molar-refractivity contribution >= 4 is 34.0 Å². The number of benzene rings is 1. The van der Waals surface area contributed by atoms with Crippen LogP contribution < -0.4 is 5.32 Å². The van der Waals surface area contributed by atoms with E-state index < -0.39 is 0 Å². The van der Waals surface area contributed by atoms with Crippen LogP contribution in [0.5, 0.6) is 0 Å². The van der Waals surface area contributed by atoms with Gasteiger partial charge in [0.15, 0.2) is 5.13 Å². The summed E-state index contributed by atoms with van der Waals surface area (Å²) in [6.07, 6.45) is 3.03. The largest absolute Gasteiger partial charge is 0.296 e. The first-order valence-electron chi connectivity index (χ1n) is 7.54. The van der Waals surface area contributed by atoms with Crippen LogP contribution in [0.3, 0.4) is 0 Å². The Morgan fingerprint density at radius 1 is 1.04 bits per heavy atom. The van der Waals surface area contributed by atoms with Gasteiger partial charge in [0, 0.05) is 16.0 Å². The molecule has 0 aliphatic rings. The van der Waals surface area contributed by atoms with Crippen molar-refractivity contribution in [3.63, 3.8) is 0 Å². The number of halogens is 1. The summed E-state index contributed by atoms with van der Waals surface area (Å²) in [4.78, 5) is 21.2. The summed E-state index contributed by atoms with van der Waals surface area (Å²) in [5.41, 5.74) is 1.98. The SMILES string of the molecule is O=C(Nc1nc(-c2ccc(Cl)cc2)cs1)c1cccc(-n2cnnc2)n1. The predicted octanol–water partition coefficient (Wildman–Crippen LogP) is 3.69. The zero-order valence-corrected chi connectivity index (χ0v) is 14.8. The summed E-state index contributed by atoms with van der Waals surface area (Å²) in [7, 11) is 0. The van der Waals surface area contributed by atoms with E-state index in [1.807, 2.05) is 17.5 Å². The number of nitrogens with one attached hydrogen (secondary N) is 1. The lowest BCUT2D eigenvalue weighted by atomic mass is 10.2. The van der Waals surface area contributed by atoms with Crippen molar-refractivity contribution in [2.45, 2.75) is 0 Å². The molecule has 1 N–H and O–H groups in total.